The van der Waals surface area contributed by atoms with Crippen molar-refractivity contribution in [3.05, 3.63) is 82.2 Å². The lowest BCUT2D eigenvalue weighted by Gasteiger charge is -2.10. The van der Waals surface area contributed by atoms with Gasteiger partial charge in [0.25, 0.3) is 5.78 Å². The smallest absolute Gasteiger partial charge is 0.253 e. The number of rotatable bonds is 7. The summed E-state index contributed by atoms with van der Waals surface area (Å²) in [6.45, 7) is 8.23. The molecule has 0 bridgehead atoms. The first kappa shape index (κ1) is 22.0. The first-order valence-electron chi connectivity index (χ1n) is 10.7. The first-order valence-corrected chi connectivity index (χ1v) is 11.7. The molecule has 0 spiro atoms. The number of amides is 1. The molecule has 164 valence electrons. The van der Waals surface area contributed by atoms with Gasteiger partial charge in [0.2, 0.25) is 11.1 Å². The summed E-state index contributed by atoms with van der Waals surface area (Å²) in [4.78, 5) is 21.7. The average molecular weight is 446 g/mol. The van der Waals surface area contributed by atoms with E-state index >= 15 is 0 Å². The van der Waals surface area contributed by atoms with Crippen LogP contribution in [-0.2, 0) is 17.6 Å². The molecule has 0 atom stereocenters. The van der Waals surface area contributed by atoms with E-state index in [1.165, 1.54) is 22.9 Å². The lowest BCUT2D eigenvalue weighted by molar-refractivity contribution is -0.113. The van der Waals surface area contributed by atoms with Crippen LogP contribution < -0.4 is 5.32 Å². The molecule has 0 aliphatic heterocycles. The van der Waals surface area contributed by atoms with Gasteiger partial charge in [0.15, 0.2) is 0 Å². The van der Waals surface area contributed by atoms with Gasteiger partial charge in [-0.1, -0.05) is 66.7 Å². The number of aromatic nitrogens is 4. The maximum absolute atomic E-state index is 12.5. The fraction of sp³-hybridized carbons (Fsp3) is 0.280. The summed E-state index contributed by atoms with van der Waals surface area (Å²) < 4.78 is 1.78. The minimum atomic E-state index is -0.0734. The third-order valence-corrected chi connectivity index (χ3v) is 6.34. The number of hydrogen-bond donors (Lipinski definition) is 1. The molecule has 0 fully saturated rings. The van der Waals surface area contributed by atoms with E-state index < -0.39 is 0 Å². The highest BCUT2D eigenvalue weighted by atomic mass is 32.2. The monoisotopic (exact) mass is 445 g/mol. The zero-order valence-corrected chi connectivity index (χ0v) is 19.7. The van der Waals surface area contributed by atoms with E-state index in [1.807, 2.05) is 38.1 Å². The normalized spacial score (nSPS) is 11.1. The summed E-state index contributed by atoms with van der Waals surface area (Å²) in [5, 5.41) is 8.15. The molecule has 4 aromatic rings. The van der Waals surface area contributed by atoms with Gasteiger partial charge in [0.05, 0.1) is 5.75 Å². The molecule has 0 aliphatic rings. The van der Waals surface area contributed by atoms with E-state index in [0.717, 1.165) is 41.0 Å². The molecule has 2 aromatic heterocycles. The number of anilines is 1. The SMILES string of the molecule is CCc1ccccc1NC(=O)CSc1nc2nc(C)c(Cc3cccc(C)c3)c(C)n2n1. The Morgan fingerprint density at radius 1 is 1.06 bits per heavy atom. The molecule has 1 N–H and O–H groups in total. The Morgan fingerprint density at radius 2 is 1.88 bits per heavy atom. The van der Waals surface area contributed by atoms with Gasteiger partial charge in [0.1, 0.15) is 0 Å². The molecule has 2 heterocycles. The maximum atomic E-state index is 12.5. The first-order chi connectivity index (χ1) is 15.4. The lowest BCUT2D eigenvalue weighted by atomic mass is 10.0. The second kappa shape index (κ2) is 9.53. The van der Waals surface area contributed by atoms with Crippen LogP contribution in [0.4, 0.5) is 5.69 Å². The van der Waals surface area contributed by atoms with Crippen molar-refractivity contribution in [2.45, 2.75) is 45.7 Å². The molecule has 2 aromatic carbocycles. The molecule has 0 aliphatic carbocycles. The van der Waals surface area contributed by atoms with Crippen LogP contribution in [0.5, 0.6) is 0 Å². The predicted octanol–water partition coefficient (Wildman–Crippen LogP) is 4.93. The minimum absolute atomic E-state index is 0.0734. The Kier molecular flexibility index (Phi) is 6.55. The van der Waals surface area contributed by atoms with Crippen molar-refractivity contribution in [2.24, 2.45) is 0 Å². The van der Waals surface area contributed by atoms with E-state index in [4.69, 9.17) is 0 Å². The Hall–Kier alpha value is -3.19. The van der Waals surface area contributed by atoms with E-state index in [-0.39, 0.29) is 11.7 Å². The summed E-state index contributed by atoms with van der Waals surface area (Å²) in [5.41, 5.74) is 7.59. The number of hydrogen-bond acceptors (Lipinski definition) is 5. The van der Waals surface area contributed by atoms with Crippen LogP contribution in [0.15, 0.2) is 53.7 Å². The van der Waals surface area contributed by atoms with Crippen molar-refractivity contribution in [3.63, 3.8) is 0 Å². The summed E-state index contributed by atoms with van der Waals surface area (Å²) >= 11 is 1.32. The van der Waals surface area contributed by atoms with E-state index in [2.05, 4.69) is 58.5 Å². The van der Waals surface area contributed by atoms with Crippen LogP contribution in [0, 0.1) is 20.8 Å². The van der Waals surface area contributed by atoms with Crippen LogP contribution in [0.1, 0.15) is 40.6 Å². The molecule has 0 saturated carbocycles. The molecule has 0 unspecified atom stereocenters. The lowest BCUT2D eigenvalue weighted by Crippen LogP contribution is -2.15. The summed E-state index contributed by atoms with van der Waals surface area (Å²) in [7, 11) is 0. The van der Waals surface area contributed by atoms with Gasteiger partial charge in [-0.2, -0.15) is 4.98 Å². The molecule has 6 nitrogen and oxygen atoms in total. The fourth-order valence-corrected chi connectivity index (χ4v) is 4.42. The molecular weight excluding hydrogens is 418 g/mol. The van der Waals surface area contributed by atoms with Gasteiger partial charge in [-0.05, 0) is 49.9 Å². The number of carbonyl (C=O) groups is 1. The quantitative estimate of drug-likeness (QED) is 0.408. The molecule has 0 radical (unpaired) electrons. The highest BCUT2D eigenvalue weighted by Gasteiger charge is 2.15. The Labute approximate surface area is 192 Å². The summed E-state index contributed by atoms with van der Waals surface area (Å²) in [5.74, 6) is 0.728. The highest BCUT2D eigenvalue weighted by Crippen LogP contribution is 2.22. The van der Waals surface area contributed by atoms with Crippen molar-refractivity contribution in [1.29, 1.82) is 0 Å². The predicted molar refractivity (Wildman–Crippen MR) is 129 cm³/mol. The van der Waals surface area contributed by atoms with Crippen molar-refractivity contribution < 1.29 is 4.79 Å². The van der Waals surface area contributed by atoms with Crippen LogP contribution in [-0.4, -0.2) is 31.2 Å². The topological polar surface area (TPSA) is 72.2 Å². The standard InChI is InChI=1S/C25H27N5OS/c1-5-20-11-6-7-12-22(20)27-23(31)15-32-25-28-24-26-17(3)21(18(4)30(24)29-25)14-19-10-8-9-16(2)13-19/h6-13H,5,14-15H2,1-4H3,(H,27,31). The van der Waals surface area contributed by atoms with Crippen LogP contribution in [0.3, 0.4) is 0 Å². The van der Waals surface area contributed by atoms with Gasteiger partial charge >= 0.3 is 0 Å². The Bertz CT molecular complexity index is 1280. The minimum Gasteiger partial charge on any atom is -0.325 e. The van der Waals surface area contributed by atoms with Gasteiger partial charge in [-0.15, -0.1) is 5.10 Å². The van der Waals surface area contributed by atoms with E-state index in [0.29, 0.717) is 10.9 Å². The zero-order chi connectivity index (χ0) is 22.7. The van der Waals surface area contributed by atoms with E-state index in [9.17, 15) is 4.79 Å². The second-order valence-electron chi connectivity index (χ2n) is 7.88. The maximum Gasteiger partial charge on any atom is 0.253 e. The molecule has 0 saturated heterocycles. The van der Waals surface area contributed by atoms with Crippen LogP contribution in [0.25, 0.3) is 5.78 Å². The van der Waals surface area contributed by atoms with Gasteiger partial charge < -0.3 is 5.32 Å². The second-order valence-corrected chi connectivity index (χ2v) is 8.82. The van der Waals surface area contributed by atoms with E-state index in [1.54, 1.807) is 4.52 Å². The zero-order valence-electron chi connectivity index (χ0n) is 18.8. The highest BCUT2D eigenvalue weighted by molar-refractivity contribution is 7.99. The number of nitrogens with zero attached hydrogens (tertiary/aromatic N) is 4. The average Bonchev–Trinajstić information content (AvgIpc) is 3.19. The van der Waals surface area contributed by atoms with Crippen molar-refractivity contribution in [3.8, 4) is 0 Å². The van der Waals surface area contributed by atoms with Crippen molar-refractivity contribution >= 4 is 29.1 Å². The molecule has 1 amide bonds. The number of thioether (sulfide) groups is 1. The van der Waals surface area contributed by atoms with Crippen molar-refractivity contribution in [2.75, 3.05) is 11.1 Å². The van der Waals surface area contributed by atoms with Crippen molar-refractivity contribution in [1.82, 2.24) is 19.6 Å². The third-order valence-electron chi connectivity index (χ3n) is 5.50. The largest absolute Gasteiger partial charge is 0.325 e. The van der Waals surface area contributed by atoms with Crippen LogP contribution in [0.2, 0.25) is 0 Å². The van der Waals surface area contributed by atoms with Crippen LogP contribution >= 0.6 is 11.8 Å². The molecular formula is C25H27N5OS. The van der Waals surface area contributed by atoms with Gasteiger partial charge in [-0.25, -0.2) is 9.50 Å². The number of benzene rings is 2. The molecule has 32 heavy (non-hydrogen) atoms. The Balaban J connectivity index is 1.50. The molecule has 7 heteroatoms. The number of fused-ring (bicyclic) bond motifs is 1. The third kappa shape index (κ3) is 4.83. The summed E-state index contributed by atoms with van der Waals surface area (Å²) in [6, 6.07) is 16.4. The van der Waals surface area contributed by atoms with Gasteiger partial charge in [0, 0.05) is 23.5 Å². The van der Waals surface area contributed by atoms with Gasteiger partial charge in [-0.3, -0.25) is 4.79 Å². The number of para-hydroxylation sites is 1. The summed E-state index contributed by atoms with van der Waals surface area (Å²) in [6.07, 6.45) is 1.66. The number of nitrogens with one attached hydrogen (secondary N) is 1. The molecule has 4 rings (SSSR count). The number of carbonyl (C=O) groups excluding carboxylic acids is 1. The Morgan fingerprint density at radius 3 is 2.66 bits per heavy atom. The number of aryl methyl sites for hydroxylation is 4. The fourth-order valence-electron chi connectivity index (χ4n) is 3.80.